The minimum Gasteiger partial charge on any atom is -0.438 e. The number of pyridine rings is 1. The highest BCUT2D eigenvalue weighted by atomic mass is 16.3. The zero-order chi connectivity index (χ0) is 32.3. The van der Waals surface area contributed by atoms with Gasteiger partial charge >= 0.3 is 0 Å². The summed E-state index contributed by atoms with van der Waals surface area (Å²) >= 11 is 0. The summed E-state index contributed by atoms with van der Waals surface area (Å²) in [6, 6.07) is 54.8. The van der Waals surface area contributed by atoms with Gasteiger partial charge in [-0.3, -0.25) is 0 Å². The van der Waals surface area contributed by atoms with E-state index in [2.05, 4.69) is 121 Å². The second kappa shape index (κ2) is 11.0. The van der Waals surface area contributed by atoms with Crippen molar-refractivity contribution in [2.24, 2.45) is 9.98 Å². The van der Waals surface area contributed by atoms with E-state index in [0.29, 0.717) is 5.71 Å². The smallest absolute Gasteiger partial charge is 0.227 e. The van der Waals surface area contributed by atoms with Crippen LogP contribution < -0.4 is 5.32 Å². The molecule has 0 aliphatic carbocycles. The minimum absolute atomic E-state index is 0.446. The first-order valence-corrected chi connectivity index (χ1v) is 16.5. The van der Waals surface area contributed by atoms with Crippen molar-refractivity contribution in [1.29, 1.82) is 0 Å². The summed E-state index contributed by atoms with van der Waals surface area (Å²) in [5.41, 5.74) is 7.71. The Morgan fingerprint density at radius 1 is 0.490 bits per heavy atom. The van der Waals surface area contributed by atoms with Crippen LogP contribution in [-0.4, -0.2) is 16.7 Å². The van der Waals surface area contributed by atoms with Crippen LogP contribution >= 0.6 is 0 Å². The number of fused-ring (bicyclic) bond motifs is 6. The van der Waals surface area contributed by atoms with Gasteiger partial charge in [-0.15, -0.1) is 0 Å². The maximum atomic E-state index is 6.33. The molecule has 2 aromatic heterocycles. The summed E-state index contributed by atoms with van der Waals surface area (Å²) in [6.07, 6.45) is -0.446. The first-order valence-electron chi connectivity index (χ1n) is 16.5. The van der Waals surface area contributed by atoms with Crippen molar-refractivity contribution in [3.05, 3.63) is 174 Å². The fourth-order valence-corrected chi connectivity index (χ4v) is 7.19. The fourth-order valence-electron chi connectivity index (χ4n) is 7.19. The number of nitrogens with one attached hydrogen (secondary N) is 1. The highest BCUT2D eigenvalue weighted by molar-refractivity contribution is 6.18. The molecular weight excluding hydrogens is 601 g/mol. The molecule has 0 radical (unpaired) electrons. The van der Waals surface area contributed by atoms with Gasteiger partial charge in [-0.1, -0.05) is 133 Å². The highest BCUT2D eigenvalue weighted by Gasteiger charge is 2.23. The second-order valence-electron chi connectivity index (χ2n) is 12.4. The molecule has 1 N–H and O–H groups in total. The zero-order valence-electron chi connectivity index (χ0n) is 26.3. The third kappa shape index (κ3) is 4.59. The molecule has 10 rings (SSSR count). The molecule has 3 heterocycles. The van der Waals surface area contributed by atoms with E-state index in [1.165, 1.54) is 10.8 Å². The Labute approximate surface area is 281 Å². The monoisotopic (exact) mass is 628 g/mol. The molecule has 0 saturated carbocycles. The van der Waals surface area contributed by atoms with Crippen LogP contribution in [0.25, 0.3) is 65.6 Å². The predicted octanol–water partition coefficient (Wildman–Crippen LogP) is 10.6. The van der Waals surface area contributed by atoms with E-state index in [4.69, 9.17) is 19.4 Å². The molecule has 0 fully saturated rings. The predicted molar refractivity (Wildman–Crippen MR) is 201 cm³/mol. The van der Waals surface area contributed by atoms with Crippen LogP contribution in [0.1, 0.15) is 22.9 Å². The summed E-state index contributed by atoms with van der Waals surface area (Å²) in [4.78, 5) is 15.3. The van der Waals surface area contributed by atoms with Crippen molar-refractivity contribution < 1.29 is 4.42 Å². The molecule has 7 aromatic carbocycles. The lowest BCUT2D eigenvalue weighted by atomic mass is 9.92. The molecule has 5 nitrogen and oxygen atoms in total. The number of hydrogen-bond donors (Lipinski definition) is 1. The van der Waals surface area contributed by atoms with Crippen LogP contribution in [0.15, 0.2) is 172 Å². The topological polar surface area (TPSA) is 62.8 Å². The Morgan fingerprint density at radius 3 is 2.10 bits per heavy atom. The quantitative estimate of drug-likeness (QED) is 0.211. The second-order valence-corrected chi connectivity index (χ2v) is 12.4. The van der Waals surface area contributed by atoms with Gasteiger partial charge in [-0.25, -0.2) is 15.0 Å². The maximum Gasteiger partial charge on any atom is 0.227 e. The van der Waals surface area contributed by atoms with Gasteiger partial charge in [-0.05, 0) is 56.9 Å². The van der Waals surface area contributed by atoms with Gasteiger partial charge in [0.2, 0.25) is 5.71 Å². The van der Waals surface area contributed by atoms with Crippen molar-refractivity contribution in [2.75, 3.05) is 0 Å². The summed E-state index contributed by atoms with van der Waals surface area (Å²) in [6.45, 7) is 0. The lowest BCUT2D eigenvalue weighted by Gasteiger charge is -2.23. The largest absolute Gasteiger partial charge is 0.438 e. The first-order chi connectivity index (χ1) is 24.3. The Balaban J connectivity index is 1.16. The standard InChI is InChI=1S/C44H28N4O/c1-2-12-28(13-3-1)41-46-42(31-24-23-27-11-4-5-14-29(27)25-31)48-43(47-41)36-20-9-16-32-33(17-8-18-34(32)36)35-19-10-22-39-40(35)37-26-30-15-6-7-21-38(30)45-44(37)49-39/h1-26,43H,(H,46,47,48). The fraction of sp³-hybridized carbons (Fsp3) is 0.0227. The van der Waals surface area contributed by atoms with E-state index in [0.717, 1.165) is 77.5 Å². The van der Waals surface area contributed by atoms with E-state index in [9.17, 15) is 0 Å². The van der Waals surface area contributed by atoms with E-state index in [1.807, 2.05) is 42.5 Å². The average Bonchev–Trinajstić information content (AvgIpc) is 3.54. The van der Waals surface area contributed by atoms with Gasteiger partial charge in [0.25, 0.3) is 0 Å². The Kier molecular flexibility index (Phi) is 6.18. The van der Waals surface area contributed by atoms with Gasteiger partial charge in [0, 0.05) is 32.8 Å². The molecule has 1 aliphatic heterocycles. The van der Waals surface area contributed by atoms with Crippen molar-refractivity contribution in [1.82, 2.24) is 10.3 Å². The van der Waals surface area contributed by atoms with Gasteiger partial charge in [0.1, 0.15) is 17.3 Å². The van der Waals surface area contributed by atoms with Crippen molar-refractivity contribution >= 4 is 66.2 Å². The van der Waals surface area contributed by atoms with Crippen molar-refractivity contribution in [2.45, 2.75) is 6.17 Å². The molecule has 1 unspecified atom stereocenters. The van der Waals surface area contributed by atoms with E-state index < -0.39 is 6.17 Å². The zero-order valence-corrected chi connectivity index (χ0v) is 26.3. The molecule has 0 spiro atoms. The van der Waals surface area contributed by atoms with Gasteiger partial charge in [0.15, 0.2) is 6.17 Å². The summed E-state index contributed by atoms with van der Waals surface area (Å²) in [5, 5.41) is 11.3. The van der Waals surface area contributed by atoms with Crippen LogP contribution in [0.2, 0.25) is 0 Å². The Morgan fingerprint density at radius 2 is 1.20 bits per heavy atom. The number of aromatic nitrogens is 1. The maximum absolute atomic E-state index is 6.33. The Hall–Kier alpha value is -6.59. The molecular formula is C44H28N4O. The first kappa shape index (κ1) is 27.5. The number of amidine groups is 2. The lowest BCUT2D eigenvalue weighted by Crippen LogP contribution is -2.36. The number of benzene rings is 7. The van der Waals surface area contributed by atoms with E-state index in [-0.39, 0.29) is 0 Å². The molecule has 0 saturated heterocycles. The molecule has 0 bridgehead atoms. The number of rotatable bonds is 4. The molecule has 1 atom stereocenters. The van der Waals surface area contributed by atoms with Gasteiger partial charge in [-0.2, -0.15) is 0 Å². The number of nitrogens with zero attached hydrogens (tertiary/aromatic N) is 3. The van der Waals surface area contributed by atoms with Crippen molar-refractivity contribution in [3.63, 3.8) is 0 Å². The van der Waals surface area contributed by atoms with Crippen LogP contribution in [0.4, 0.5) is 0 Å². The number of furan rings is 1. The summed E-state index contributed by atoms with van der Waals surface area (Å²) < 4.78 is 6.33. The molecule has 0 amide bonds. The number of para-hydroxylation sites is 1. The van der Waals surface area contributed by atoms with Crippen LogP contribution in [0, 0.1) is 0 Å². The number of aliphatic imine (C=N–C) groups is 2. The molecule has 49 heavy (non-hydrogen) atoms. The minimum atomic E-state index is -0.446. The van der Waals surface area contributed by atoms with Crippen LogP contribution in [0.5, 0.6) is 0 Å². The lowest BCUT2D eigenvalue weighted by molar-refractivity contribution is 0.656. The third-order valence-corrected chi connectivity index (χ3v) is 9.53. The van der Waals surface area contributed by atoms with Crippen LogP contribution in [0.3, 0.4) is 0 Å². The van der Waals surface area contributed by atoms with Gasteiger partial charge in [0.05, 0.1) is 5.52 Å². The number of hydrogen-bond acceptors (Lipinski definition) is 5. The Bertz CT molecular complexity index is 2810. The average molecular weight is 629 g/mol. The molecule has 5 heteroatoms. The normalized spacial score (nSPS) is 14.7. The van der Waals surface area contributed by atoms with E-state index in [1.54, 1.807) is 0 Å². The summed E-state index contributed by atoms with van der Waals surface area (Å²) in [7, 11) is 0. The third-order valence-electron chi connectivity index (χ3n) is 9.53. The molecule has 230 valence electrons. The van der Waals surface area contributed by atoms with Gasteiger partial charge < -0.3 is 9.73 Å². The van der Waals surface area contributed by atoms with Crippen LogP contribution in [-0.2, 0) is 0 Å². The molecule has 1 aliphatic rings. The highest BCUT2D eigenvalue weighted by Crippen LogP contribution is 2.41. The molecule has 9 aromatic rings. The van der Waals surface area contributed by atoms with Crippen molar-refractivity contribution in [3.8, 4) is 11.1 Å². The SMILES string of the molecule is c1ccc(C2=NC(c3cccc4c(-c5cccc6oc7nc8ccccc8cc7c56)cccc34)N=C(c3ccc4ccccc4c3)N2)cc1. The van der Waals surface area contributed by atoms with E-state index >= 15 is 0 Å². The summed E-state index contributed by atoms with van der Waals surface area (Å²) in [5.74, 6) is 1.60.